The van der Waals surface area contributed by atoms with Gasteiger partial charge in [-0.1, -0.05) is 24.3 Å². The van der Waals surface area contributed by atoms with Gasteiger partial charge in [-0.15, -0.1) is 0 Å². The monoisotopic (exact) mass is 289 g/mol. The number of hydrogen-bond donors (Lipinski definition) is 0. The molecule has 0 aromatic heterocycles. The van der Waals surface area contributed by atoms with E-state index < -0.39 is 17.7 Å². The molecule has 0 fully saturated rings. The first kappa shape index (κ1) is 15.1. The van der Waals surface area contributed by atoms with Gasteiger partial charge in [-0.3, -0.25) is 4.90 Å². The van der Waals surface area contributed by atoms with Crippen molar-refractivity contribution in [2.24, 2.45) is 0 Å². The third kappa shape index (κ3) is 3.42. The zero-order chi connectivity index (χ0) is 15.6. The van der Waals surface area contributed by atoms with Crippen molar-refractivity contribution in [3.8, 4) is 0 Å². The number of nitrogens with zero attached hydrogens (tertiary/aromatic N) is 1. The highest BCUT2D eigenvalue weighted by Crippen LogP contribution is 2.28. The van der Waals surface area contributed by atoms with Crippen LogP contribution in [0.25, 0.3) is 5.57 Å². The summed E-state index contributed by atoms with van der Waals surface area (Å²) in [6, 6.07) is 7.43. The lowest BCUT2D eigenvalue weighted by molar-refractivity contribution is -0.133. The van der Waals surface area contributed by atoms with Gasteiger partial charge in [0.15, 0.2) is 0 Å². The maximum atomic E-state index is 12.2. The number of hydrogen-bond acceptors (Lipinski definition) is 4. The highest BCUT2D eigenvalue weighted by Gasteiger charge is 2.28. The second-order valence-electron chi connectivity index (χ2n) is 5.80. The van der Waals surface area contributed by atoms with Gasteiger partial charge in [-0.2, -0.15) is 0 Å². The van der Waals surface area contributed by atoms with Crippen molar-refractivity contribution >= 4 is 17.6 Å². The van der Waals surface area contributed by atoms with Crippen LogP contribution >= 0.6 is 0 Å². The molecule has 0 unspecified atom stereocenters. The Morgan fingerprint density at radius 1 is 1.19 bits per heavy atom. The summed E-state index contributed by atoms with van der Waals surface area (Å²) in [7, 11) is 1.32. The Hall–Kier alpha value is -2.30. The molecule has 0 radical (unpaired) electrons. The highest BCUT2D eigenvalue weighted by molar-refractivity contribution is 6.17. The molecule has 0 aliphatic carbocycles. The zero-order valence-electron chi connectivity index (χ0n) is 12.7. The SMILES string of the molecule is COC(=O)C1=CN(C(=O)OC(C)(C)C)Cc2ccccc21. The number of methoxy groups -OCH3 is 1. The largest absolute Gasteiger partial charge is 0.465 e. The Morgan fingerprint density at radius 2 is 1.86 bits per heavy atom. The van der Waals surface area contributed by atoms with Crippen LogP contribution in [-0.4, -0.2) is 29.7 Å². The van der Waals surface area contributed by atoms with E-state index in [-0.39, 0.29) is 0 Å². The summed E-state index contributed by atoms with van der Waals surface area (Å²) in [5, 5.41) is 0. The minimum atomic E-state index is -0.590. The lowest BCUT2D eigenvalue weighted by Crippen LogP contribution is -2.35. The first-order valence-corrected chi connectivity index (χ1v) is 6.70. The first-order valence-electron chi connectivity index (χ1n) is 6.70. The Morgan fingerprint density at radius 3 is 2.48 bits per heavy atom. The van der Waals surface area contributed by atoms with Crippen LogP contribution in [0, 0.1) is 0 Å². The summed E-state index contributed by atoms with van der Waals surface area (Å²) >= 11 is 0. The normalized spacial score (nSPS) is 14.1. The molecule has 21 heavy (non-hydrogen) atoms. The number of carbonyl (C=O) groups is 2. The van der Waals surface area contributed by atoms with Crippen molar-refractivity contribution in [3.63, 3.8) is 0 Å². The summed E-state index contributed by atoms with van der Waals surface area (Å²) in [4.78, 5) is 25.5. The van der Waals surface area contributed by atoms with E-state index in [9.17, 15) is 9.59 Å². The molecule has 0 atom stereocenters. The van der Waals surface area contributed by atoms with Gasteiger partial charge in [0.1, 0.15) is 5.60 Å². The van der Waals surface area contributed by atoms with E-state index in [2.05, 4.69) is 0 Å². The molecule has 1 aromatic carbocycles. The first-order chi connectivity index (χ1) is 9.81. The molecule has 0 saturated heterocycles. The molecule has 0 N–H and O–H groups in total. The second kappa shape index (κ2) is 5.60. The Bertz CT molecular complexity index is 599. The lowest BCUT2D eigenvalue weighted by Gasteiger charge is -2.29. The summed E-state index contributed by atoms with van der Waals surface area (Å²) in [5.41, 5.74) is 1.42. The van der Waals surface area contributed by atoms with E-state index >= 15 is 0 Å². The predicted molar refractivity (Wildman–Crippen MR) is 78.2 cm³/mol. The van der Waals surface area contributed by atoms with Crippen LogP contribution in [0.15, 0.2) is 30.5 Å². The Labute approximate surface area is 124 Å². The van der Waals surface area contributed by atoms with Crippen molar-refractivity contribution < 1.29 is 19.1 Å². The molecular formula is C16H19NO4. The van der Waals surface area contributed by atoms with Crippen molar-refractivity contribution in [3.05, 3.63) is 41.6 Å². The van der Waals surface area contributed by atoms with Gasteiger partial charge in [0, 0.05) is 6.20 Å². The molecule has 1 heterocycles. The number of amides is 1. The number of rotatable bonds is 1. The third-order valence-corrected chi connectivity index (χ3v) is 2.97. The van der Waals surface area contributed by atoms with Crippen LogP contribution in [-0.2, 0) is 20.8 Å². The van der Waals surface area contributed by atoms with Crippen molar-refractivity contribution in [2.75, 3.05) is 7.11 Å². The maximum absolute atomic E-state index is 12.2. The van der Waals surface area contributed by atoms with Gasteiger partial charge in [-0.25, -0.2) is 9.59 Å². The molecule has 1 aliphatic rings. The van der Waals surface area contributed by atoms with E-state index in [1.807, 2.05) is 24.3 Å². The van der Waals surface area contributed by atoms with E-state index in [1.165, 1.54) is 18.2 Å². The van der Waals surface area contributed by atoms with Gasteiger partial charge < -0.3 is 9.47 Å². The van der Waals surface area contributed by atoms with Gasteiger partial charge in [0.25, 0.3) is 0 Å². The minimum absolute atomic E-state index is 0.352. The average Bonchev–Trinajstić information content (AvgIpc) is 2.43. The van der Waals surface area contributed by atoms with Crippen molar-refractivity contribution in [2.45, 2.75) is 32.9 Å². The average molecular weight is 289 g/mol. The standard InChI is InChI=1S/C16H19NO4/c1-16(2,3)21-15(19)17-9-11-7-5-6-8-12(11)13(10-17)14(18)20-4/h5-8,10H,9H2,1-4H3. The Balaban J connectivity index is 2.35. The third-order valence-electron chi connectivity index (χ3n) is 2.97. The number of benzene rings is 1. The number of esters is 1. The van der Waals surface area contributed by atoms with Crippen LogP contribution in [0.2, 0.25) is 0 Å². The van der Waals surface area contributed by atoms with Gasteiger partial charge in [0.05, 0.1) is 19.2 Å². The van der Waals surface area contributed by atoms with Gasteiger partial charge in [-0.05, 0) is 31.9 Å². The van der Waals surface area contributed by atoms with E-state index in [0.29, 0.717) is 12.1 Å². The summed E-state index contributed by atoms with van der Waals surface area (Å²) in [6.45, 7) is 5.76. The molecule has 5 nitrogen and oxygen atoms in total. The smallest absolute Gasteiger partial charge is 0.414 e. The molecule has 1 amide bonds. The van der Waals surface area contributed by atoms with Crippen molar-refractivity contribution in [1.82, 2.24) is 4.90 Å². The number of carbonyl (C=O) groups excluding carboxylic acids is 2. The van der Waals surface area contributed by atoms with Crippen LogP contribution in [0.5, 0.6) is 0 Å². The van der Waals surface area contributed by atoms with E-state index in [0.717, 1.165) is 11.1 Å². The molecule has 0 spiro atoms. The molecule has 0 saturated carbocycles. The fraction of sp³-hybridized carbons (Fsp3) is 0.375. The molecule has 1 aromatic rings. The van der Waals surface area contributed by atoms with Crippen LogP contribution in [0.3, 0.4) is 0 Å². The molecule has 0 bridgehead atoms. The predicted octanol–water partition coefficient (Wildman–Crippen LogP) is 2.95. The maximum Gasteiger partial charge on any atom is 0.414 e. The van der Waals surface area contributed by atoms with E-state index in [4.69, 9.17) is 9.47 Å². The summed E-state index contributed by atoms with van der Waals surface area (Å²) in [6.07, 6.45) is 1.00. The van der Waals surface area contributed by atoms with Crippen LogP contribution in [0.1, 0.15) is 31.9 Å². The molecular weight excluding hydrogens is 270 g/mol. The van der Waals surface area contributed by atoms with E-state index in [1.54, 1.807) is 20.8 Å². The molecule has 2 rings (SSSR count). The van der Waals surface area contributed by atoms with Crippen LogP contribution in [0.4, 0.5) is 4.79 Å². The fourth-order valence-electron chi connectivity index (χ4n) is 2.09. The number of ether oxygens (including phenoxy) is 2. The zero-order valence-corrected chi connectivity index (χ0v) is 12.7. The molecule has 112 valence electrons. The van der Waals surface area contributed by atoms with Gasteiger partial charge in [0.2, 0.25) is 0 Å². The lowest BCUT2D eigenvalue weighted by atomic mass is 9.97. The summed E-state index contributed by atoms with van der Waals surface area (Å²) in [5.74, 6) is -0.476. The van der Waals surface area contributed by atoms with Gasteiger partial charge >= 0.3 is 12.1 Å². The molecule has 5 heteroatoms. The number of fused-ring (bicyclic) bond motifs is 1. The van der Waals surface area contributed by atoms with Crippen molar-refractivity contribution in [1.29, 1.82) is 0 Å². The fourth-order valence-corrected chi connectivity index (χ4v) is 2.09. The summed E-state index contributed by atoms with van der Waals surface area (Å²) < 4.78 is 10.1. The Kier molecular flexibility index (Phi) is 4.02. The second-order valence-corrected chi connectivity index (χ2v) is 5.80. The van der Waals surface area contributed by atoms with Crippen LogP contribution < -0.4 is 0 Å². The quantitative estimate of drug-likeness (QED) is 0.746. The topological polar surface area (TPSA) is 55.8 Å². The highest BCUT2D eigenvalue weighted by atomic mass is 16.6. The minimum Gasteiger partial charge on any atom is -0.465 e. The molecule has 1 aliphatic heterocycles.